The smallest absolute Gasteiger partial charge is 0.0619 e. The highest BCUT2D eigenvalue weighted by Crippen LogP contribution is 2.20. The summed E-state index contributed by atoms with van der Waals surface area (Å²) in [5.41, 5.74) is 0. The van der Waals surface area contributed by atoms with Crippen LogP contribution < -0.4 is 0 Å². The zero-order valence-corrected chi connectivity index (χ0v) is 11.4. The standard InChI is InChI=1S/C10H20INS/c1-2-3-4-5-10(11)12-6-8-13-9-7-12/h10H,2-9H2,1H3. The lowest BCUT2D eigenvalue weighted by molar-refractivity contribution is 0.280. The van der Waals surface area contributed by atoms with E-state index in [2.05, 4.69) is 46.2 Å². The predicted octanol–water partition coefficient (Wildman–Crippen LogP) is 3.38. The molecule has 0 amide bonds. The van der Waals surface area contributed by atoms with Crippen LogP contribution in [0.3, 0.4) is 0 Å². The van der Waals surface area contributed by atoms with Crippen LogP contribution in [0.15, 0.2) is 0 Å². The number of unbranched alkanes of at least 4 members (excludes halogenated alkanes) is 2. The number of thioether (sulfide) groups is 1. The van der Waals surface area contributed by atoms with Gasteiger partial charge in [0.25, 0.3) is 0 Å². The second kappa shape index (κ2) is 7.35. The van der Waals surface area contributed by atoms with Crippen LogP contribution in [0.5, 0.6) is 0 Å². The van der Waals surface area contributed by atoms with E-state index in [1.54, 1.807) is 0 Å². The van der Waals surface area contributed by atoms with E-state index in [9.17, 15) is 0 Å². The molecule has 0 aromatic heterocycles. The summed E-state index contributed by atoms with van der Waals surface area (Å²) in [5, 5.41) is 0. The van der Waals surface area contributed by atoms with E-state index >= 15 is 0 Å². The molecule has 0 N–H and O–H groups in total. The Labute approximate surface area is 100 Å². The lowest BCUT2D eigenvalue weighted by Crippen LogP contribution is -2.37. The Kier molecular flexibility index (Phi) is 6.84. The number of halogens is 1. The topological polar surface area (TPSA) is 3.24 Å². The van der Waals surface area contributed by atoms with E-state index in [1.807, 2.05) is 0 Å². The summed E-state index contributed by atoms with van der Waals surface area (Å²) in [4.78, 5) is 2.65. The van der Waals surface area contributed by atoms with Crippen molar-refractivity contribution in [3.63, 3.8) is 0 Å². The van der Waals surface area contributed by atoms with Crippen LogP contribution in [-0.4, -0.2) is 33.5 Å². The molecule has 1 aliphatic heterocycles. The van der Waals surface area contributed by atoms with Gasteiger partial charge in [-0.25, -0.2) is 0 Å². The van der Waals surface area contributed by atoms with Gasteiger partial charge in [-0.2, -0.15) is 11.8 Å². The van der Waals surface area contributed by atoms with Gasteiger partial charge in [-0.1, -0.05) is 48.8 Å². The molecule has 1 heterocycles. The van der Waals surface area contributed by atoms with Crippen molar-refractivity contribution in [1.82, 2.24) is 4.90 Å². The quantitative estimate of drug-likeness (QED) is 0.331. The van der Waals surface area contributed by atoms with E-state index < -0.39 is 0 Å². The highest BCUT2D eigenvalue weighted by Gasteiger charge is 2.17. The summed E-state index contributed by atoms with van der Waals surface area (Å²) in [5.74, 6) is 2.68. The van der Waals surface area contributed by atoms with E-state index in [1.165, 1.54) is 50.3 Å². The number of rotatable bonds is 5. The van der Waals surface area contributed by atoms with Gasteiger partial charge in [0.1, 0.15) is 0 Å². The van der Waals surface area contributed by atoms with Gasteiger partial charge in [-0.05, 0) is 6.42 Å². The van der Waals surface area contributed by atoms with Crippen LogP contribution in [0.4, 0.5) is 0 Å². The van der Waals surface area contributed by atoms with Gasteiger partial charge < -0.3 is 0 Å². The SMILES string of the molecule is CCCCCC(I)N1CCSCC1. The van der Waals surface area contributed by atoms with Gasteiger partial charge in [0.05, 0.1) is 4.05 Å². The van der Waals surface area contributed by atoms with Crippen molar-refractivity contribution in [2.24, 2.45) is 0 Å². The number of nitrogens with zero attached hydrogens (tertiary/aromatic N) is 1. The first kappa shape index (κ1) is 12.1. The van der Waals surface area contributed by atoms with E-state index in [4.69, 9.17) is 0 Å². The highest BCUT2D eigenvalue weighted by molar-refractivity contribution is 14.1. The third-order valence-electron chi connectivity index (χ3n) is 2.49. The molecule has 0 bridgehead atoms. The molecule has 78 valence electrons. The first-order valence-electron chi connectivity index (χ1n) is 5.30. The fourth-order valence-corrected chi connectivity index (χ4v) is 3.53. The van der Waals surface area contributed by atoms with Gasteiger partial charge in [-0.15, -0.1) is 0 Å². The van der Waals surface area contributed by atoms with Crippen molar-refractivity contribution in [2.45, 2.75) is 36.7 Å². The number of hydrogen-bond acceptors (Lipinski definition) is 2. The average Bonchev–Trinajstić information content (AvgIpc) is 2.19. The fourth-order valence-electron chi connectivity index (χ4n) is 1.60. The van der Waals surface area contributed by atoms with E-state index in [0.29, 0.717) is 0 Å². The summed E-state index contributed by atoms with van der Waals surface area (Å²) in [6.07, 6.45) is 5.55. The maximum Gasteiger partial charge on any atom is 0.0619 e. The zero-order valence-electron chi connectivity index (χ0n) is 8.47. The fraction of sp³-hybridized carbons (Fsp3) is 1.00. The van der Waals surface area contributed by atoms with Crippen LogP contribution in [0.1, 0.15) is 32.6 Å². The number of hydrogen-bond donors (Lipinski definition) is 0. The molecule has 1 fully saturated rings. The summed E-state index contributed by atoms with van der Waals surface area (Å²) in [7, 11) is 0. The molecule has 0 spiro atoms. The zero-order chi connectivity index (χ0) is 9.52. The Balaban J connectivity index is 2.09. The minimum atomic E-state index is 0.796. The Morgan fingerprint density at radius 2 is 2.00 bits per heavy atom. The second-order valence-electron chi connectivity index (χ2n) is 3.58. The summed E-state index contributed by atoms with van der Waals surface area (Å²) < 4.78 is 0.796. The van der Waals surface area contributed by atoms with Crippen molar-refractivity contribution < 1.29 is 0 Å². The first-order valence-corrected chi connectivity index (χ1v) is 7.70. The van der Waals surface area contributed by atoms with Crippen LogP contribution in [0, 0.1) is 0 Å². The molecule has 0 aromatic rings. The predicted molar refractivity (Wildman–Crippen MR) is 70.8 cm³/mol. The van der Waals surface area contributed by atoms with Crippen LogP contribution in [-0.2, 0) is 0 Å². The molecule has 3 heteroatoms. The molecule has 1 aliphatic rings. The molecule has 1 saturated heterocycles. The third kappa shape index (κ3) is 4.88. The van der Waals surface area contributed by atoms with E-state index in [-0.39, 0.29) is 0 Å². The Morgan fingerprint density at radius 3 is 2.62 bits per heavy atom. The molecule has 1 rings (SSSR count). The lowest BCUT2D eigenvalue weighted by atomic mass is 10.2. The van der Waals surface area contributed by atoms with Crippen LogP contribution in [0.25, 0.3) is 0 Å². The minimum Gasteiger partial charge on any atom is -0.290 e. The van der Waals surface area contributed by atoms with Crippen LogP contribution in [0.2, 0.25) is 0 Å². The molecule has 0 aromatic carbocycles. The Bertz CT molecular complexity index is 126. The van der Waals surface area contributed by atoms with E-state index in [0.717, 1.165) is 4.05 Å². The molecular formula is C10H20INS. The number of alkyl halides is 1. The van der Waals surface area contributed by atoms with Gasteiger partial charge in [0.2, 0.25) is 0 Å². The average molecular weight is 313 g/mol. The molecule has 13 heavy (non-hydrogen) atoms. The molecule has 1 atom stereocenters. The summed E-state index contributed by atoms with van der Waals surface area (Å²) >= 11 is 4.72. The van der Waals surface area contributed by atoms with Gasteiger partial charge in [0, 0.05) is 24.6 Å². The maximum absolute atomic E-state index is 2.65. The normalized spacial score (nSPS) is 21.7. The first-order chi connectivity index (χ1) is 6.34. The summed E-state index contributed by atoms with van der Waals surface area (Å²) in [6, 6.07) is 0. The van der Waals surface area contributed by atoms with Gasteiger partial charge >= 0.3 is 0 Å². The molecular weight excluding hydrogens is 293 g/mol. The van der Waals surface area contributed by atoms with Gasteiger partial charge in [0.15, 0.2) is 0 Å². The summed E-state index contributed by atoms with van der Waals surface area (Å²) in [6.45, 7) is 4.90. The van der Waals surface area contributed by atoms with Crippen molar-refractivity contribution in [3.05, 3.63) is 0 Å². The lowest BCUT2D eigenvalue weighted by Gasteiger charge is -2.30. The molecule has 0 radical (unpaired) electrons. The largest absolute Gasteiger partial charge is 0.290 e. The Morgan fingerprint density at radius 1 is 1.31 bits per heavy atom. The third-order valence-corrected chi connectivity index (χ3v) is 4.84. The van der Waals surface area contributed by atoms with Crippen molar-refractivity contribution in [2.75, 3.05) is 24.6 Å². The molecule has 1 unspecified atom stereocenters. The Hall–Kier alpha value is 1.04. The second-order valence-corrected chi connectivity index (χ2v) is 6.24. The molecule has 0 aliphatic carbocycles. The molecule has 1 nitrogen and oxygen atoms in total. The van der Waals surface area contributed by atoms with Crippen molar-refractivity contribution in [3.8, 4) is 0 Å². The minimum absolute atomic E-state index is 0.796. The maximum atomic E-state index is 2.65. The van der Waals surface area contributed by atoms with Crippen LogP contribution >= 0.6 is 34.4 Å². The van der Waals surface area contributed by atoms with Crippen molar-refractivity contribution in [1.29, 1.82) is 0 Å². The van der Waals surface area contributed by atoms with Gasteiger partial charge in [-0.3, -0.25) is 4.90 Å². The molecule has 0 saturated carbocycles. The van der Waals surface area contributed by atoms with Crippen molar-refractivity contribution >= 4 is 34.4 Å². The monoisotopic (exact) mass is 313 g/mol. The highest BCUT2D eigenvalue weighted by atomic mass is 127.